The number of nitrogens with one attached hydrogen (secondary N) is 2. The maximum absolute atomic E-state index is 11.9. The number of hydrogen-bond donors (Lipinski definition) is 2. The number of ether oxygens (including phenoxy) is 2. The molecule has 2 aliphatic heterocycles. The predicted molar refractivity (Wildman–Crippen MR) is 67.2 cm³/mol. The zero-order valence-corrected chi connectivity index (χ0v) is 10.3. The molecular weight excluding hydrogens is 232 g/mol. The normalized spacial score (nSPS) is 18.1. The number of aryl methyl sites for hydroxylation is 1. The van der Waals surface area contributed by atoms with E-state index in [-0.39, 0.29) is 11.8 Å². The first-order valence-electron chi connectivity index (χ1n) is 6.16. The van der Waals surface area contributed by atoms with Crippen LogP contribution < -0.4 is 20.1 Å². The van der Waals surface area contributed by atoms with Gasteiger partial charge < -0.3 is 20.1 Å². The topological polar surface area (TPSA) is 59.6 Å². The van der Waals surface area contributed by atoms with Crippen molar-refractivity contribution in [1.82, 2.24) is 5.32 Å². The Morgan fingerprint density at radius 3 is 2.56 bits per heavy atom. The van der Waals surface area contributed by atoms with Crippen LogP contribution in [0.1, 0.15) is 5.56 Å². The zero-order valence-electron chi connectivity index (χ0n) is 10.3. The third kappa shape index (κ3) is 2.01. The zero-order chi connectivity index (χ0) is 12.5. The van der Waals surface area contributed by atoms with Gasteiger partial charge in [0.15, 0.2) is 11.5 Å². The minimum Gasteiger partial charge on any atom is -0.486 e. The van der Waals surface area contributed by atoms with Crippen molar-refractivity contribution < 1.29 is 14.3 Å². The van der Waals surface area contributed by atoms with E-state index in [0.29, 0.717) is 19.0 Å². The van der Waals surface area contributed by atoms with Crippen LogP contribution in [0.5, 0.6) is 11.5 Å². The van der Waals surface area contributed by atoms with Gasteiger partial charge >= 0.3 is 0 Å². The van der Waals surface area contributed by atoms with Gasteiger partial charge in [-0.05, 0) is 18.6 Å². The number of carbonyl (C=O) groups is 1. The van der Waals surface area contributed by atoms with Crippen molar-refractivity contribution >= 4 is 11.6 Å². The van der Waals surface area contributed by atoms with E-state index in [1.165, 1.54) is 0 Å². The van der Waals surface area contributed by atoms with E-state index in [2.05, 4.69) is 10.6 Å². The van der Waals surface area contributed by atoms with Crippen LogP contribution in [0.2, 0.25) is 0 Å². The molecule has 18 heavy (non-hydrogen) atoms. The van der Waals surface area contributed by atoms with Crippen molar-refractivity contribution in [3.63, 3.8) is 0 Å². The molecule has 2 heterocycles. The molecule has 0 aromatic heterocycles. The minimum absolute atomic E-state index is 0.0635. The standard InChI is InChI=1S/C13H16N2O3/c1-8-4-11-12(18-3-2-17-11)5-10(8)15-13(16)9-6-14-7-9/h4-5,9,14H,2-3,6-7H2,1H3,(H,15,16). The van der Waals surface area contributed by atoms with Crippen molar-refractivity contribution in [2.75, 3.05) is 31.6 Å². The van der Waals surface area contributed by atoms with E-state index in [9.17, 15) is 4.79 Å². The summed E-state index contributed by atoms with van der Waals surface area (Å²) in [6, 6.07) is 3.75. The highest BCUT2D eigenvalue weighted by Gasteiger charge is 2.25. The predicted octanol–water partition coefficient (Wildman–Crippen LogP) is 0.924. The molecule has 5 nitrogen and oxygen atoms in total. The number of hydrogen-bond acceptors (Lipinski definition) is 4. The lowest BCUT2D eigenvalue weighted by molar-refractivity contribution is -0.121. The summed E-state index contributed by atoms with van der Waals surface area (Å²) in [6.45, 7) is 4.60. The summed E-state index contributed by atoms with van der Waals surface area (Å²) in [5.41, 5.74) is 1.79. The first-order valence-corrected chi connectivity index (χ1v) is 6.16. The average molecular weight is 248 g/mol. The van der Waals surface area contributed by atoms with Gasteiger partial charge in [0, 0.05) is 24.8 Å². The van der Waals surface area contributed by atoms with Gasteiger partial charge in [0.25, 0.3) is 0 Å². The summed E-state index contributed by atoms with van der Waals surface area (Å²) in [4.78, 5) is 11.9. The van der Waals surface area contributed by atoms with Gasteiger partial charge in [0.2, 0.25) is 5.91 Å². The van der Waals surface area contributed by atoms with Crippen molar-refractivity contribution in [2.45, 2.75) is 6.92 Å². The van der Waals surface area contributed by atoms with E-state index in [1.807, 2.05) is 19.1 Å². The molecule has 1 aromatic carbocycles. The Morgan fingerprint density at radius 1 is 1.28 bits per heavy atom. The fraction of sp³-hybridized carbons (Fsp3) is 0.462. The smallest absolute Gasteiger partial charge is 0.230 e. The molecule has 2 N–H and O–H groups in total. The lowest BCUT2D eigenvalue weighted by Gasteiger charge is -2.26. The van der Waals surface area contributed by atoms with Gasteiger partial charge in [-0.2, -0.15) is 0 Å². The lowest BCUT2D eigenvalue weighted by Crippen LogP contribution is -2.48. The van der Waals surface area contributed by atoms with Crippen molar-refractivity contribution in [3.8, 4) is 11.5 Å². The molecular formula is C13H16N2O3. The van der Waals surface area contributed by atoms with E-state index in [1.54, 1.807) is 0 Å². The van der Waals surface area contributed by atoms with Gasteiger partial charge in [0.05, 0.1) is 5.92 Å². The van der Waals surface area contributed by atoms with Gasteiger partial charge in [-0.3, -0.25) is 4.79 Å². The highest BCUT2D eigenvalue weighted by molar-refractivity contribution is 5.94. The Bertz CT molecular complexity index is 483. The number of carbonyl (C=O) groups excluding carboxylic acids is 1. The maximum atomic E-state index is 11.9. The minimum atomic E-state index is 0.0635. The Kier molecular flexibility index (Phi) is 2.83. The Labute approximate surface area is 105 Å². The van der Waals surface area contributed by atoms with Gasteiger partial charge in [-0.25, -0.2) is 0 Å². The SMILES string of the molecule is Cc1cc2c(cc1NC(=O)C1CNC1)OCCO2. The van der Waals surface area contributed by atoms with Crippen LogP contribution in [0.4, 0.5) is 5.69 Å². The van der Waals surface area contributed by atoms with Crippen LogP contribution in [0, 0.1) is 12.8 Å². The van der Waals surface area contributed by atoms with E-state index >= 15 is 0 Å². The van der Waals surface area contributed by atoms with E-state index < -0.39 is 0 Å². The van der Waals surface area contributed by atoms with Gasteiger partial charge in [-0.15, -0.1) is 0 Å². The fourth-order valence-electron chi connectivity index (χ4n) is 2.03. The first kappa shape index (κ1) is 11.3. The average Bonchev–Trinajstić information content (AvgIpc) is 2.27. The van der Waals surface area contributed by atoms with Crippen molar-refractivity contribution in [2.24, 2.45) is 5.92 Å². The summed E-state index contributed by atoms with van der Waals surface area (Å²) in [6.07, 6.45) is 0. The second-order valence-corrected chi connectivity index (χ2v) is 4.66. The summed E-state index contributed by atoms with van der Waals surface area (Å²) >= 11 is 0. The van der Waals surface area contributed by atoms with E-state index in [4.69, 9.17) is 9.47 Å². The van der Waals surface area contributed by atoms with E-state index in [0.717, 1.165) is 30.1 Å². The summed E-state index contributed by atoms with van der Waals surface area (Å²) in [5, 5.41) is 6.03. The monoisotopic (exact) mass is 248 g/mol. The third-order valence-corrected chi connectivity index (χ3v) is 3.30. The summed E-state index contributed by atoms with van der Waals surface area (Å²) < 4.78 is 11.0. The molecule has 0 radical (unpaired) electrons. The molecule has 1 fully saturated rings. The number of benzene rings is 1. The van der Waals surface area contributed by atoms with Crippen LogP contribution in [0.3, 0.4) is 0 Å². The molecule has 5 heteroatoms. The molecule has 0 aliphatic carbocycles. The molecule has 0 spiro atoms. The van der Waals surface area contributed by atoms with Crippen LogP contribution in [0.15, 0.2) is 12.1 Å². The first-order chi connectivity index (χ1) is 8.74. The molecule has 0 atom stereocenters. The second-order valence-electron chi connectivity index (χ2n) is 4.66. The van der Waals surface area contributed by atoms with Crippen LogP contribution in [-0.2, 0) is 4.79 Å². The maximum Gasteiger partial charge on any atom is 0.230 e. The quantitative estimate of drug-likeness (QED) is 0.817. The van der Waals surface area contributed by atoms with Crippen molar-refractivity contribution in [1.29, 1.82) is 0 Å². The number of rotatable bonds is 2. The molecule has 96 valence electrons. The third-order valence-electron chi connectivity index (χ3n) is 3.30. The molecule has 0 saturated carbocycles. The number of amides is 1. The van der Waals surface area contributed by atoms with Gasteiger partial charge in [-0.1, -0.05) is 0 Å². The summed E-state index contributed by atoms with van der Waals surface area (Å²) in [5.74, 6) is 1.60. The Balaban J connectivity index is 1.80. The van der Waals surface area contributed by atoms with Crippen molar-refractivity contribution in [3.05, 3.63) is 17.7 Å². The molecule has 1 saturated heterocycles. The summed E-state index contributed by atoms with van der Waals surface area (Å²) in [7, 11) is 0. The van der Waals surface area contributed by atoms with Gasteiger partial charge in [0.1, 0.15) is 13.2 Å². The molecule has 2 aliphatic rings. The Morgan fingerprint density at radius 2 is 1.94 bits per heavy atom. The highest BCUT2D eigenvalue weighted by atomic mass is 16.6. The van der Waals surface area contributed by atoms with Crippen LogP contribution in [-0.4, -0.2) is 32.2 Å². The van der Waals surface area contributed by atoms with Crippen LogP contribution in [0.25, 0.3) is 0 Å². The Hall–Kier alpha value is -1.75. The fourth-order valence-corrected chi connectivity index (χ4v) is 2.03. The molecule has 1 aromatic rings. The van der Waals surface area contributed by atoms with Crippen LogP contribution >= 0.6 is 0 Å². The lowest BCUT2D eigenvalue weighted by atomic mass is 10.0. The highest BCUT2D eigenvalue weighted by Crippen LogP contribution is 2.35. The second kappa shape index (κ2) is 4.49. The molecule has 0 unspecified atom stereocenters. The molecule has 3 rings (SSSR count). The molecule has 0 bridgehead atoms. The molecule has 1 amide bonds. The number of anilines is 1. The largest absolute Gasteiger partial charge is 0.486 e. The number of fused-ring (bicyclic) bond motifs is 1.